The molecular weight excluding hydrogens is 278 g/mol. The Morgan fingerprint density at radius 2 is 1.82 bits per heavy atom. The second kappa shape index (κ2) is 5.48. The van der Waals surface area contributed by atoms with Crippen LogP contribution in [0, 0.1) is 6.92 Å². The van der Waals surface area contributed by atoms with Gasteiger partial charge in [-0.1, -0.05) is 12.1 Å². The van der Waals surface area contributed by atoms with E-state index in [0.717, 1.165) is 16.9 Å². The second-order valence-corrected chi connectivity index (χ2v) is 5.11. The Balaban J connectivity index is 2.22. The van der Waals surface area contributed by atoms with Crippen LogP contribution in [0.5, 0.6) is 5.75 Å². The molecule has 0 saturated carbocycles. The lowest BCUT2D eigenvalue weighted by Crippen LogP contribution is -2.00. The van der Waals surface area contributed by atoms with Gasteiger partial charge in [0.05, 0.1) is 23.9 Å². The monoisotopic (exact) mass is 293 g/mol. The molecule has 0 fully saturated rings. The highest BCUT2D eigenvalue weighted by atomic mass is 16.5. The highest BCUT2D eigenvalue weighted by Crippen LogP contribution is 2.26. The third-order valence-electron chi connectivity index (χ3n) is 3.58. The average Bonchev–Trinajstić information content (AvgIpc) is 2.53. The number of pyridine rings is 1. The molecule has 110 valence electrons. The normalized spacial score (nSPS) is 10.6. The van der Waals surface area contributed by atoms with Gasteiger partial charge in [-0.2, -0.15) is 0 Å². The molecule has 0 aliphatic heterocycles. The molecular formula is C18H15NO3. The molecule has 2 aromatic carbocycles. The topological polar surface area (TPSA) is 59.4 Å². The van der Waals surface area contributed by atoms with Crippen LogP contribution in [0.4, 0.5) is 0 Å². The fraction of sp³-hybridized carbons (Fsp3) is 0.111. The standard InChI is InChI=1S/C18H15NO3/c1-11-3-8-14-15(18(20)21)10-16(19-17(14)9-11)12-4-6-13(22-2)7-5-12/h3-10H,1-2H3,(H,20,21). The summed E-state index contributed by atoms with van der Waals surface area (Å²) in [7, 11) is 1.61. The van der Waals surface area contributed by atoms with Crippen molar-refractivity contribution < 1.29 is 14.6 Å². The van der Waals surface area contributed by atoms with E-state index in [0.29, 0.717) is 16.6 Å². The van der Waals surface area contributed by atoms with Crippen molar-refractivity contribution in [2.24, 2.45) is 0 Å². The summed E-state index contributed by atoms with van der Waals surface area (Å²) in [4.78, 5) is 16.1. The average molecular weight is 293 g/mol. The van der Waals surface area contributed by atoms with Gasteiger partial charge in [-0.3, -0.25) is 0 Å². The molecule has 1 N–H and O–H groups in total. The lowest BCUT2D eigenvalue weighted by Gasteiger charge is -2.08. The summed E-state index contributed by atoms with van der Waals surface area (Å²) >= 11 is 0. The van der Waals surface area contributed by atoms with Gasteiger partial charge >= 0.3 is 5.97 Å². The number of aromatic nitrogens is 1. The van der Waals surface area contributed by atoms with Crippen molar-refractivity contribution in [2.75, 3.05) is 7.11 Å². The molecule has 1 aromatic heterocycles. The van der Waals surface area contributed by atoms with E-state index < -0.39 is 5.97 Å². The first-order valence-corrected chi connectivity index (χ1v) is 6.87. The van der Waals surface area contributed by atoms with E-state index in [1.54, 1.807) is 19.2 Å². The molecule has 4 heteroatoms. The van der Waals surface area contributed by atoms with Crippen molar-refractivity contribution in [2.45, 2.75) is 6.92 Å². The molecule has 0 bridgehead atoms. The maximum Gasteiger partial charge on any atom is 0.336 e. The summed E-state index contributed by atoms with van der Waals surface area (Å²) in [5, 5.41) is 10.1. The first-order chi connectivity index (χ1) is 10.6. The van der Waals surface area contributed by atoms with Crippen molar-refractivity contribution in [1.82, 2.24) is 4.98 Å². The number of carbonyl (C=O) groups is 1. The van der Waals surface area contributed by atoms with Gasteiger partial charge in [-0.15, -0.1) is 0 Å². The zero-order chi connectivity index (χ0) is 15.7. The number of rotatable bonds is 3. The van der Waals surface area contributed by atoms with Crippen molar-refractivity contribution >= 4 is 16.9 Å². The van der Waals surface area contributed by atoms with E-state index in [-0.39, 0.29) is 5.56 Å². The quantitative estimate of drug-likeness (QED) is 0.795. The van der Waals surface area contributed by atoms with Gasteiger partial charge in [0.25, 0.3) is 0 Å². The third kappa shape index (κ3) is 2.51. The Bertz CT molecular complexity index is 854. The second-order valence-electron chi connectivity index (χ2n) is 5.11. The highest BCUT2D eigenvalue weighted by Gasteiger charge is 2.13. The summed E-state index contributed by atoms with van der Waals surface area (Å²) in [6.07, 6.45) is 0. The van der Waals surface area contributed by atoms with E-state index in [9.17, 15) is 9.90 Å². The van der Waals surface area contributed by atoms with Crippen LogP contribution < -0.4 is 4.74 Å². The number of fused-ring (bicyclic) bond motifs is 1. The van der Waals surface area contributed by atoms with Crippen LogP contribution in [0.25, 0.3) is 22.2 Å². The van der Waals surface area contributed by atoms with Crippen LogP contribution >= 0.6 is 0 Å². The highest BCUT2D eigenvalue weighted by molar-refractivity contribution is 6.03. The molecule has 0 atom stereocenters. The molecule has 3 aromatic rings. The Morgan fingerprint density at radius 3 is 2.45 bits per heavy atom. The number of aromatic carboxylic acids is 1. The lowest BCUT2D eigenvalue weighted by molar-refractivity contribution is 0.0699. The predicted molar refractivity (Wildman–Crippen MR) is 85.4 cm³/mol. The SMILES string of the molecule is COc1ccc(-c2cc(C(=O)O)c3ccc(C)cc3n2)cc1. The van der Waals surface area contributed by atoms with Gasteiger partial charge in [-0.05, 0) is 48.9 Å². The summed E-state index contributed by atoms with van der Waals surface area (Å²) < 4.78 is 5.14. The molecule has 0 aliphatic rings. The van der Waals surface area contributed by atoms with Crippen LogP contribution in [-0.4, -0.2) is 23.2 Å². The van der Waals surface area contributed by atoms with Gasteiger partial charge in [0.2, 0.25) is 0 Å². The molecule has 0 unspecified atom stereocenters. The largest absolute Gasteiger partial charge is 0.497 e. The van der Waals surface area contributed by atoms with Gasteiger partial charge in [-0.25, -0.2) is 9.78 Å². The van der Waals surface area contributed by atoms with Crippen LogP contribution in [-0.2, 0) is 0 Å². The number of ether oxygens (including phenoxy) is 1. The van der Waals surface area contributed by atoms with Crippen LogP contribution in [0.3, 0.4) is 0 Å². The fourth-order valence-electron chi connectivity index (χ4n) is 2.43. The molecule has 0 aliphatic carbocycles. The number of hydrogen-bond donors (Lipinski definition) is 1. The molecule has 0 radical (unpaired) electrons. The first kappa shape index (κ1) is 14.1. The Labute approximate surface area is 128 Å². The maximum atomic E-state index is 11.5. The van der Waals surface area contributed by atoms with E-state index >= 15 is 0 Å². The summed E-state index contributed by atoms with van der Waals surface area (Å²) in [5.74, 6) is -0.204. The minimum Gasteiger partial charge on any atom is -0.497 e. The number of hydrogen-bond acceptors (Lipinski definition) is 3. The summed E-state index contributed by atoms with van der Waals surface area (Å²) in [6, 6.07) is 14.6. The predicted octanol–water partition coefficient (Wildman–Crippen LogP) is 3.92. The smallest absolute Gasteiger partial charge is 0.336 e. The van der Waals surface area contributed by atoms with Gasteiger partial charge in [0.15, 0.2) is 0 Å². The number of carboxylic acid groups (broad SMARTS) is 1. The van der Waals surface area contributed by atoms with Crippen molar-refractivity contribution in [3.63, 3.8) is 0 Å². The number of nitrogens with zero attached hydrogens (tertiary/aromatic N) is 1. The van der Waals surface area contributed by atoms with Crippen LogP contribution in [0.1, 0.15) is 15.9 Å². The Kier molecular flexibility index (Phi) is 3.51. The fourth-order valence-corrected chi connectivity index (χ4v) is 2.43. The summed E-state index contributed by atoms with van der Waals surface area (Å²) in [6.45, 7) is 1.96. The zero-order valence-corrected chi connectivity index (χ0v) is 12.3. The Hall–Kier alpha value is -2.88. The number of methoxy groups -OCH3 is 1. The van der Waals surface area contributed by atoms with E-state index in [1.165, 1.54) is 0 Å². The molecule has 4 nitrogen and oxygen atoms in total. The molecule has 22 heavy (non-hydrogen) atoms. The van der Waals surface area contributed by atoms with Crippen LogP contribution in [0.15, 0.2) is 48.5 Å². The maximum absolute atomic E-state index is 11.5. The minimum absolute atomic E-state index is 0.260. The molecule has 0 amide bonds. The van der Waals surface area contributed by atoms with E-state index in [1.807, 2.05) is 43.3 Å². The first-order valence-electron chi connectivity index (χ1n) is 6.87. The lowest BCUT2D eigenvalue weighted by atomic mass is 10.0. The van der Waals surface area contributed by atoms with E-state index in [4.69, 9.17) is 4.74 Å². The number of benzene rings is 2. The molecule has 1 heterocycles. The number of aryl methyl sites for hydroxylation is 1. The molecule has 0 saturated heterocycles. The van der Waals surface area contributed by atoms with E-state index in [2.05, 4.69) is 4.98 Å². The van der Waals surface area contributed by atoms with Gasteiger partial charge in [0, 0.05) is 10.9 Å². The van der Waals surface area contributed by atoms with Crippen molar-refractivity contribution in [3.05, 3.63) is 59.7 Å². The van der Waals surface area contributed by atoms with Gasteiger partial charge in [0.1, 0.15) is 5.75 Å². The number of carboxylic acids is 1. The van der Waals surface area contributed by atoms with Crippen molar-refractivity contribution in [3.8, 4) is 17.0 Å². The summed E-state index contributed by atoms with van der Waals surface area (Å²) in [5.41, 5.74) is 3.48. The Morgan fingerprint density at radius 1 is 1.09 bits per heavy atom. The van der Waals surface area contributed by atoms with Crippen molar-refractivity contribution in [1.29, 1.82) is 0 Å². The molecule has 0 spiro atoms. The minimum atomic E-state index is -0.953. The third-order valence-corrected chi connectivity index (χ3v) is 3.58. The van der Waals surface area contributed by atoms with Gasteiger partial charge < -0.3 is 9.84 Å². The zero-order valence-electron chi connectivity index (χ0n) is 12.3. The van der Waals surface area contributed by atoms with Crippen LogP contribution in [0.2, 0.25) is 0 Å². The molecule has 3 rings (SSSR count).